The molecule has 3 rings (SSSR count). The molecule has 0 aliphatic carbocycles. The Balaban J connectivity index is 1.63. The second-order valence-corrected chi connectivity index (χ2v) is 7.03. The van der Waals surface area contributed by atoms with Crippen LogP contribution in [0.2, 0.25) is 0 Å². The Bertz CT molecular complexity index is 658. The first-order chi connectivity index (χ1) is 11.0. The average Bonchev–Trinajstić information content (AvgIpc) is 3.22. The number of amides is 1. The van der Waals surface area contributed by atoms with E-state index in [0.29, 0.717) is 31.6 Å². The number of furan rings is 1. The number of halogens is 1. The van der Waals surface area contributed by atoms with E-state index in [9.17, 15) is 9.18 Å². The molecule has 1 aliphatic rings. The fourth-order valence-corrected chi connectivity index (χ4v) is 3.60. The number of aromatic nitrogens is 1. The average molecular weight is 337 g/mol. The van der Waals surface area contributed by atoms with Crippen LogP contribution in [0.1, 0.15) is 27.5 Å². The van der Waals surface area contributed by atoms with Gasteiger partial charge in [0.15, 0.2) is 0 Å². The largest absolute Gasteiger partial charge is 0.472 e. The van der Waals surface area contributed by atoms with Crippen molar-refractivity contribution in [1.29, 1.82) is 0 Å². The molecule has 1 aliphatic heterocycles. The monoisotopic (exact) mass is 337 g/mol. The van der Waals surface area contributed by atoms with Gasteiger partial charge in [-0.05, 0) is 19.4 Å². The van der Waals surface area contributed by atoms with Crippen molar-refractivity contribution in [2.75, 3.05) is 20.1 Å². The number of carbonyl (C=O) groups is 1. The molecule has 0 radical (unpaired) electrons. The zero-order chi connectivity index (χ0) is 16.4. The first-order valence-electron chi connectivity index (χ1n) is 7.59. The van der Waals surface area contributed by atoms with Crippen molar-refractivity contribution < 1.29 is 13.6 Å². The molecule has 5 nitrogen and oxygen atoms in total. The molecule has 1 saturated heterocycles. The summed E-state index contributed by atoms with van der Waals surface area (Å²) in [5, 5.41) is 3.03. The number of rotatable bonds is 5. The van der Waals surface area contributed by atoms with Crippen LogP contribution in [-0.2, 0) is 6.54 Å². The van der Waals surface area contributed by atoms with E-state index in [0.717, 1.165) is 10.7 Å². The number of alkyl halides is 1. The SMILES string of the molecule is Cc1nc(CN2C[C@@H](F)C[C@H]2CN(C)C(=O)c2ccoc2)cs1. The Hall–Kier alpha value is -1.73. The number of hydrogen-bond donors (Lipinski definition) is 0. The van der Waals surface area contributed by atoms with Crippen LogP contribution in [0.25, 0.3) is 0 Å². The maximum atomic E-state index is 13.9. The lowest BCUT2D eigenvalue weighted by molar-refractivity contribution is 0.0748. The van der Waals surface area contributed by atoms with E-state index >= 15 is 0 Å². The van der Waals surface area contributed by atoms with Gasteiger partial charge in [-0.1, -0.05) is 0 Å². The molecule has 2 aromatic heterocycles. The van der Waals surface area contributed by atoms with Crippen LogP contribution in [0.3, 0.4) is 0 Å². The zero-order valence-corrected chi connectivity index (χ0v) is 14.1. The number of aryl methyl sites for hydroxylation is 1. The first kappa shape index (κ1) is 16.1. The molecule has 0 N–H and O–H groups in total. The van der Waals surface area contributed by atoms with Gasteiger partial charge in [0.2, 0.25) is 0 Å². The van der Waals surface area contributed by atoms with Gasteiger partial charge in [-0.25, -0.2) is 9.37 Å². The number of carbonyl (C=O) groups excluding carboxylic acids is 1. The van der Waals surface area contributed by atoms with E-state index < -0.39 is 6.17 Å². The minimum absolute atomic E-state index is 0.00728. The van der Waals surface area contributed by atoms with Crippen molar-refractivity contribution in [2.45, 2.75) is 32.1 Å². The van der Waals surface area contributed by atoms with Crippen LogP contribution in [0.5, 0.6) is 0 Å². The van der Waals surface area contributed by atoms with Gasteiger partial charge in [0, 0.05) is 38.1 Å². The van der Waals surface area contributed by atoms with Crippen LogP contribution in [0.15, 0.2) is 28.4 Å². The van der Waals surface area contributed by atoms with Crippen molar-refractivity contribution >= 4 is 17.2 Å². The highest BCUT2D eigenvalue weighted by Crippen LogP contribution is 2.24. The summed E-state index contributed by atoms with van der Waals surface area (Å²) in [6, 6.07) is 1.65. The van der Waals surface area contributed by atoms with Crippen LogP contribution in [0.4, 0.5) is 4.39 Å². The molecule has 0 unspecified atom stereocenters. The maximum absolute atomic E-state index is 13.9. The van der Waals surface area contributed by atoms with Crippen molar-refractivity contribution in [1.82, 2.24) is 14.8 Å². The predicted octanol–water partition coefficient (Wildman–Crippen LogP) is 2.73. The van der Waals surface area contributed by atoms with E-state index in [1.807, 2.05) is 12.3 Å². The fraction of sp³-hybridized carbons (Fsp3) is 0.500. The highest BCUT2D eigenvalue weighted by molar-refractivity contribution is 7.09. The molecule has 0 saturated carbocycles. The van der Waals surface area contributed by atoms with Gasteiger partial charge in [0.1, 0.15) is 12.4 Å². The Morgan fingerprint density at radius 3 is 3.09 bits per heavy atom. The van der Waals surface area contributed by atoms with Gasteiger partial charge in [0.25, 0.3) is 5.91 Å². The molecule has 23 heavy (non-hydrogen) atoms. The maximum Gasteiger partial charge on any atom is 0.256 e. The van der Waals surface area contributed by atoms with Crippen molar-refractivity contribution in [3.05, 3.63) is 40.2 Å². The molecule has 0 spiro atoms. The standard InChI is InChI=1S/C16H20FN3O2S/c1-11-18-14(10-23-11)7-20-6-13(17)5-15(20)8-19(2)16(21)12-3-4-22-9-12/h3-4,9-10,13,15H,5-8H2,1-2H3/t13-,15-/m0/s1. The lowest BCUT2D eigenvalue weighted by Gasteiger charge is -2.27. The molecule has 0 aromatic carbocycles. The molecule has 0 bridgehead atoms. The van der Waals surface area contributed by atoms with Crippen LogP contribution >= 0.6 is 11.3 Å². The van der Waals surface area contributed by atoms with Crippen LogP contribution in [-0.4, -0.2) is 53.0 Å². The third kappa shape index (κ3) is 3.79. The lowest BCUT2D eigenvalue weighted by atomic mass is 10.2. The van der Waals surface area contributed by atoms with E-state index in [2.05, 4.69) is 9.88 Å². The van der Waals surface area contributed by atoms with Gasteiger partial charge in [0.05, 0.1) is 22.5 Å². The topological polar surface area (TPSA) is 49.6 Å². The summed E-state index contributed by atoms with van der Waals surface area (Å²) in [6.07, 6.45) is 2.51. The highest BCUT2D eigenvalue weighted by Gasteiger charge is 2.34. The van der Waals surface area contributed by atoms with Gasteiger partial charge in [-0.15, -0.1) is 11.3 Å². The smallest absolute Gasteiger partial charge is 0.256 e. The summed E-state index contributed by atoms with van der Waals surface area (Å²) in [5.74, 6) is -0.106. The molecule has 3 heterocycles. The number of nitrogens with zero attached hydrogens (tertiary/aromatic N) is 3. The molecule has 2 atom stereocenters. The number of hydrogen-bond acceptors (Lipinski definition) is 5. The summed E-state index contributed by atoms with van der Waals surface area (Å²) in [4.78, 5) is 20.4. The third-order valence-corrected chi connectivity index (χ3v) is 4.93. The summed E-state index contributed by atoms with van der Waals surface area (Å²) < 4.78 is 18.8. The lowest BCUT2D eigenvalue weighted by Crippen LogP contribution is -2.40. The second-order valence-electron chi connectivity index (χ2n) is 5.97. The predicted molar refractivity (Wildman–Crippen MR) is 86.2 cm³/mol. The van der Waals surface area contributed by atoms with E-state index in [4.69, 9.17) is 4.42 Å². The summed E-state index contributed by atoms with van der Waals surface area (Å²) >= 11 is 1.60. The zero-order valence-electron chi connectivity index (χ0n) is 13.2. The van der Waals surface area contributed by atoms with Crippen LogP contribution in [0, 0.1) is 6.92 Å². The molecule has 124 valence electrons. The number of thiazole rings is 1. The molecular formula is C16H20FN3O2S. The van der Waals surface area contributed by atoms with Crippen molar-refractivity contribution in [2.24, 2.45) is 0 Å². The van der Waals surface area contributed by atoms with E-state index in [1.165, 1.54) is 12.5 Å². The minimum atomic E-state index is -0.850. The Kier molecular flexibility index (Phi) is 4.77. The summed E-state index contributed by atoms with van der Waals surface area (Å²) in [5.41, 5.74) is 1.49. The normalized spacial score (nSPS) is 21.7. The summed E-state index contributed by atoms with van der Waals surface area (Å²) in [6.45, 7) is 3.48. The number of likely N-dealkylation sites (tertiary alicyclic amines) is 1. The van der Waals surface area contributed by atoms with E-state index in [1.54, 1.807) is 29.4 Å². The minimum Gasteiger partial charge on any atom is -0.472 e. The van der Waals surface area contributed by atoms with Gasteiger partial charge < -0.3 is 9.32 Å². The van der Waals surface area contributed by atoms with Crippen molar-refractivity contribution in [3.63, 3.8) is 0 Å². The third-order valence-electron chi connectivity index (χ3n) is 4.11. The molecule has 7 heteroatoms. The van der Waals surface area contributed by atoms with Gasteiger partial charge >= 0.3 is 0 Å². The number of likely N-dealkylation sites (N-methyl/N-ethyl adjacent to an activating group) is 1. The Labute approximate surface area is 138 Å². The molecule has 1 amide bonds. The quantitative estimate of drug-likeness (QED) is 0.842. The summed E-state index contributed by atoms with van der Waals surface area (Å²) in [7, 11) is 1.74. The first-order valence-corrected chi connectivity index (χ1v) is 8.47. The van der Waals surface area contributed by atoms with Gasteiger partial charge in [-0.2, -0.15) is 0 Å². The van der Waals surface area contributed by atoms with Gasteiger partial charge in [-0.3, -0.25) is 9.69 Å². The fourth-order valence-electron chi connectivity index (χ4n) is 3.00. The molecular weight excluding hydrogens is 317 g/mol. The molecule has 1 fully saturated rings. The van der Waals surface area contributed by atoms with Crippen molar-refractivity contribution in [3.8, 4) is 0 Å². The van der Waals surface area contributed by atoms with Crippen LogP contribution < -0.4 is 0 Å². The Morgan fingerprint density at radius 1 is 1.61 bits per heavy atom. The molecule has 2 aromatic rings. The second kappa shape index (κ2) is 6.80. The van der Waals surface area contributed by atoms with E-state index in [-0.39, 0.29) is 11.9 Å². The highest BCUT2D eigenvalue weighted by atomic mass is 32.1. The Morgan fingerprint density at radius 2 is 2.43 bits per heavy atom.